The van der Waals surface area contributed by atoms with E-state index >= 15 is 0 Å². The quantitative estimate of drug-likeness (QED) is 0.866. The molecule has 1 aliphatic heterocycles. The van der Waals surface area contributed by atoms with Gasteiger partial charge in [-0.25, -0.2) is 9.18 Å². The van der Waals surface area contributed by atoms with E-state index in [9.17, 15) is 14.0 Å². The zero-order chi connectivity index (χ0) is 16.5. The van der Waals surface area contributed by atoms with Crippen LogP contribution < -0.4 is 10.2 Å². The molecule has 0 aromatic heterocycles. The highest BCUT2D eigenvalue weighted by Crippen LogP contribution is 2.27. The van der Waals surface area contributed by atoms with Crippen molar-refractivity contribution in [3.8, 4) is 0 Å². The molecule has 7 heteroatoms. The SMILES string of the molecule is CC(C)(C)OC(=O)N[C@H]1CCN(c2ccc(Br)cc2F)C1=O. The van der Waals surface area contributed by atoms with E-state index in [4.69, 9.17) is 4.74 Å². The molecule has 0 aliphatic carbocycles. The standard InChI is InChI=1S/C15H18BrFN2O3/c1-15(2,3)22-14(21)18-11-6-7-19(13(11)20)12-5-4-9(16)8-10(12)17/h4-5,8,11H,6-7H2,1-3H3,(H,18,21)/t11-/m0/s1. The predicted molar refractivity (Wildman–Crippen MR) is 84.2 cm³/mol. The predicted octanol–water partition coefficient (Wildman–Crippen LogP) is 3.22. The topological polar surface area (TPSA) is 58.6 Å². The maximum Gasteiger partial charge on any atom is 0.408 e. The summed E-state index contributed by atoms with van der Waals surface area (Å²) in [6.07, 6.45) is -0.239. The maximum atomic E-state index is 14.0. The zero-order valence-electron chi connectivity index (χ0n) is 12.7. The van der Waals surface area contributed by atoms with E-state index in [1.54, 1.807) is 26.8 Å². The molecule has 1 aliphatic rings. The van der Waals surface area contributed by atoms with Crippen molar-refractivity contribution >= 4 is 33.6 Å². The summed E-state index contributed by atoms with van der Waals surface area (Å²) in [5, 5.41) is 2.53. The first-order chi connectivity index (χ1) is 10.2. The van der Waals surface area contributed by atoms with Crippen LogP contribution in [0.2, 0.25) is 0 Å². The van der Waals surface area contributed by atoms with Crippen molar-refractivity contribution in [2.75, 3.05) is 11.4 Å². The number of alkyl carbamates (subject to hydrolysis) is 1. The normalized spacial score (nSPS) is 18.5. The number of carbonyl (C=O) groups is 2. The Kier molecular flexibility index (Phi) is 4.75. The third-order valence-electron chi connectivity index (χ3n) is 3.10. The lowest BCUT2D eigenvalue weighted by molar-refractivity contribution is -0.118. The number of hydrogen-bond acceptors (Lipinski definition) is 3. The van der Waals surface area contributed by atoms with E-state index in [-0.39, 0.29) is 11.6 Å². The molecule has 1 heterocycles. The highest BCUT2D eigenvalue weighted by atomic mass is 79.9. The molecule has 22 heavy (non-hydrogen) atoms. The number of anilines is 1. The van der Waals surface area contributed by atoms with Gasteiger partial charge in [0.2, 0.25) is 5.91 Å². The summed E-state index contributed by atoms with van der Waals surface area (Å²) >= 11 is 3.18. The van der Waals surface area contributed by atoms with E-state index in [0.717, 1.165) is 0 Å². The lowest BCUT2D eigenvalue weighted by Gasteiger charge is -2.22. The van der Waals surface area contributed by atoms with Crippen LogP contribution in [0.25, 0.3) is 0 Å². The van der Waals surface area contributed by atoms with Gasteiger partial charge in [-0.15, -0.1) is 0 Å². The number of hydrogen-bond donors (Lipinski definition) is 1. The van der Waals surface area contributed by atoms with Crippen molar-refractivity contribution in [1.29, 1.82) is 0 Å². The molecule has 0 spiro atoms. The molecule has 2 rings (SSSR count). The third-order valence-corrected chi connectivity index (χ3v) is 3.59. The van der Waals surface area contributed by atoms with Crippen LogP contribution in [0.5, 0.6) is 0 Å². The number of carbonyl (C=O) groups excluding carboxylic acids is 2. The molecule has 1 aromatic carbocycles. The van der Waals surface area contributed by atoms with Crippen molar-refractivity contribution in [3.63, 3.8) is 0 Å². The van der Waals surface area contributed by atoms with Gasteiger partial charge in [-0.1, -0.05) is 15.9 Å². The van der Waals surface area contributed by atoms with Crippen LogP contribution in [0, 0.1) is 5.82 Å². The molecule has 5 nitrogen and oxygen atoms in total. The van der Waals surface area contributed by atoms with Crippen molar-refractivity contribution in [3.05, 3.63) is 28.5 Å². The van der Waals surface area contributed by atoms with Gasteiger partial charge in [-0.2, -0.15) is 0 Å². The van der Waals surface area contributed by atoms with Gasteiger partial charge < -0.3 is 15.0 Å². The number of amides is 2. The van der Waals surface area contributed by atoms with Gasteiger partial charge in [0, 0.05) is 11.0 Å². The molecule has 1 saturated heterocycles. The van der Waals surface area contributed by atoms with Crippen molar-refractivity contribution in [2.45, 2.75) is 38.8 Å². The van der Waals surface area contributed by atoms with E-state index in [1.807, 2.05) is 0 Å². The molecule has 120 valence electrons. The summed E-state index contributed by atoms with van der Waals surface area (Å²) in [5.41, 5.74) is -0.426. The molecule has 1 N–H and O–H groups in total. The average molecular weight is 373 g/mol. The van der Waals surface area contributed by atoms with Crippen LogP contribution in [-0.2, 0) is 9.53 Å². The summed E-state index contributed by atoms with van der Waals surface area (Å²) in [6.45, 7) is 5.57. The molecule has 1 atom stereocenters. The average Bonchev–Trinajstić information content (AvgIpc) is 2.69. The van der Waals surface area contributed by atoms with Crippen LogP contribution in [-0.4, -0.2) is 30.2 Å². The van der Waals surface area contributed by atoms with Gasteiger partial charge >= 0.3 is 6.09 Å². The molecule has 0 unspecified atom stereocenters. The Morgan fingerprint density at radius 2 is 2.14 bits per heavy atom. The lowest BCUT2D eigenvalue weighted by atomic mass is 10.2. The Morgan fingerprint density at radius 1 is 1.45 bits per heavy atom. The fraction of sp³-hybridized carbons (Fsp3) is 0.467. The summed E-state index contributed by atoms with van der Waals surface area (Å²) in [6, 6.07) is 3.81. The number of halogens is 2. The van der Waals surface area contributed by atoms with Gasteiger partial charge in [0.25, 0.3) is 0 Å². The minimum absolute atomic E-state index is 0.210. The first kappa shape index (κ1) is 16.7. The Hall–Kier alpha value is -1.63. The molecule has 0 bridgehead atoms. The van der Waals surface area contributed by atoms with Crippen LogP contribution in [0.15, 0.2) is 22.7 Å². The molecular formula is C15H18BrFN2O3. The van der Waals surface area contributed by atoms with Gasteiger partial charge in [-0.3, -0.25) is 4.79 Å². The highest BCUT2D eigenvalue weighted by molar-refractivity contribution is 9.10. The summed E-state index contributed by atoms with van der Waals surface area (Å²) in [7, 11) is 0. The van der Waals surface area contributed by atoms with Crippen LogP contribution in [0.1, 0.15) is 27.2 Å². The second-order valence-electron chi connectivity index (χ2n) is 6.07. The first-order valence-corrected chi connectivity index (χ1v) is 7.72. The third kappa shape index (κ3) is 3.97. The van der Waals surface area contributed by atoms with E-state index in [0.29, 0.717) is 17.4 Å². The Balaban J connectivity index is 2.05. The largest absolute Gasteiger partial charge is 0.444 e. The smallest absolute Gasteiger partial charge is 0.408 e. The molecule has 1 fully saturated rings. The summed E-state index contributed by atoms with van der Waals surface area (Å²) in [4.78, 5) is 25.4. The second-order valence-corrected chi connectivity index (χ2v) is 6.99. The number of nitrogens with zero attached hydrogens (tertiary/aromatic N) is 1. The molecule has 0 saturated carbocycles. The number of nitrogens with one attached hydrogen (secondary N) is 1. The number of ether oxygens (including phenoxy) is 1. The highest BCUT2D eigenvalue weighted by Gasteiger charge is 2.35. The molecule has 1 aromatic rings. The minimum Gasteiger partial charge on any atom is -0.444 e. The van der Waals surface area contributed by atoms with Gasteiger partial charge in [0.05, 0.1) is 5.69 Å². The van der Waals surface area contributed by atoms with E-state index < -0.39 is 23.6 Å². The summed E-state index contributed by atoms with van der Waals surface area (Å²) < 4.78 is 19.7. The van der Waals surface area contributed by atoms with E-state index in [1.165, 1.54) is 17.0 Å². The monoisotopic (exact) mass is 372 g/mol. The fourth-order valence-corrected chi connectivity index (χ4v) is 2.54. The van der Waals surface area contributed by atoms with Crippen LogP contribution in [0.3, 0.4) is 0 Å². The van der Waals surface area contributed by atoms with Gasteiger partial charge in [0.15, 0.2) is 0 Å². The van der Waals surface area contributed by atoms with Gasteiger partial charge in [-0.05, 0) is 45.4 Å². The van der Waals surface area contributed by atoms with E-state index in [2.05, 4.69) is 21.2 Å². The first-order valence-electron chi connectivity index (χ1n) is 6.93. The molecule has 0 radical (unpaired) electrons. The van der Waals surface area contributed by atoms with Crippen molar-refractivity contribution in [2.24, 2.45) is 0 Å². The lowest BCUT2D eigenvalue weighted by Crippen LogP contribution is -2.43. The Morgan fingerprint density at radius 3 is 2.73 bits per heavy atom. The molecule has 2 amide bonds. The van der Waals surface area contributed by atoms with Crippen LogP contribution >= 0.6 is 15.9 Å². The number of benzene rings is 1. The maximum absolute atomic E-state index is 14.0. The Labute approximate surface area is 136 Å². The summed E-state index contributed by atoms with van der Waals surface area (Å²) in [5.74, 6) is -0.826. The molecular weight excluding hydrogens is 355 g/mol. The van der Waals surface area contributed by atoms with Crippen LogP contribution in [0.4, 0.5) is 14.9 Å². The minimum atomic E-state index is -0.696. The second kappa shape index (κ2) is 6.24. The fourth-order valence-electron chi connectivity index (χ4n) is 2.20. The Bertz CT molecular complexity index is 601. The number of rotatable bonds is 2. The van der Waals surface area contributed by atoms with Crippen molar-refractivity contribution in [1.82, 2.24) is 5.32 Å². The zero-order valence-corrected chi connectivity index (χ0v) is 14.2. The van der Waals surface area contributed by atoms with Gasteiger partial charge in [0.1, 0.15) is 17.5 Å². The van der Waals surface area contributed by atoms with Crippen molar-refractivity contribution < 1.29 is 18.7 Å².